The summed E-state index contributed by atoms with van der Waals surface area (Å²) in [6.45, 7) is 9.91. The third-order valence-corrected chi connectivity index (χ3v) is 2.88. The Balaban J connectivity index is 2.72. The molecule has 0 N–H and O–H groups in total. The molecule has 1 aromatic rings. The molecule has 0 aliphatic carbocycles. The Labute approximate surface area is 104 Å². The van der Waals surface area contributed by atoms with Crippen LogP contribution < -0.4 is 4.74 Å². The van der Waals surface area contributed by atoms with E-state index in [4.69, 9.17) is 4.74 Å². The van der Waals surface area contributed by atoms with Crippen LogP contribution in [-0.2, 0) is 4.79 Å². The first-order valence-corrected chi connectivity index (χ1v) is 6.17. The maximum Gasteiger partial charge on any atom is 0.316 e. The highest BCUT2D eigenvalue weighted by atomic mass is 16.5. The molecular formula is C15H22O2. The Morgan fingerprint density at radius 3 is 2.18 bits per heavy atom. The van der Waals surface area contributed by atoms with Crippen molar-refractivity contribution in [2.75, 3.05) is 0 Å². The summed E-state index contributed by atoms with van der Waals surface area (Å²) in [4.78, 5) is 11.7. The van der Waals surface area contributed by atoms with Gasteiger partial charge < -0.3 is 4.74 Å². The zero-order valence-electron chi connectivity index (χ0n) is 11.4. The molecule has 2 nitrogen and oxygen atoms in total. The van der Waals surface area contributed by atoms with Crippen molar-refractivity contribution in [3.63, 3.8) is 0 Å². The molecule has 17 heavy (non-hydrogen) atoms. The number of ether oxygens (including phenoxy) is 1. The first-order valence-electron chi connectivity index (χ1n) is 6.17. The van der Waals surface area contributed by atoms with Crippen LogP contribution in [0.5, 0.6) is 5.75 Å². The Bertz CT molecular complexity index is 371. The maximum absolute atomic E-state index is 11.7. The molecule has 0 aliphatic heterocycles. The van der Waals surface area contributed by atoms with E-state index in [0.717, 1.165) is 6.42 Å². The summed E-state index contributed by atoms with van der Waals surface area (Å²) < 4.78 is 5.31. The van der Waals surface area contributed by atoms with E-state index in [1.54, 1.807) is 0 Å². The van der Waals surface area contributed by atoms with Crippen LogP contribution in [0.15, 0.2) is 24.3 Å². The van der Waals surface area contributed by atoms with Crippen molar-refractivity contribution in [1.82, 2.24) is 0 Å². The summed E-state index contributed by atoms with van der Waals surface area (Å²) in [5.74, 6) is 0.966. The molecule has 0 aliphatic rings. The van der Waals surface area contributed by atoms with Crippen molar-refractivity contribution in [2.45, 2.75) is 47.0 Å². The summed E-state index contributed by atoms with van der Waals surface area (Å²) in [7, 11) is 0. The summed E-state index contributed by atoms with van der Waals surface area (Å²) in [6.07, 6.45) is 1.11. The average molecular weight is 234 g/mol. The standard InChI is InChI=1S/C15H22O2/c1-6-11(2)12-7-9-13(10-8-12)17-14(16)15(3,4)5/h7-11H,6H2,1-5H3. The third kappa shape index (κ3) is 3.88. The molecule has 1 atom stereocenters. The molecule has 0 radical (unpaired) electrons. The quantitative estimate of drug-likeness (QED) is 0.580. The van der Waals surface area contributed by atoms with Gasteiger partial charge in [-0.05, 0) is 50.8 Å². The normalized spacial score (nSPS) is 13.2. The molecule has 0 saturated carbocycles. The molecule has 1 aromatic carbocycles. The van der Waals surface area contributed by atoms with E-state index in [1.165, 1.54) is 5.56 Å². The van der Waals surface area contributed by atoms with Crippen LogP contribution >= 0.6 is 0 Å². The van der Waals surface area contributed by atoms with Gasteiger partial charge in [-0.25, -0.2) is 0 Å². The summed E-state index contributed by atoms with van der Waals surface area (Å²) in [5.41, 5.74) is 0.818. The molecule has 94 valence electrons. The van der Waals surface area contributed by atoms with E-state index in [9.17, 15) is 4.79 Å². The van der Waals surface area contributed by atoms with Gasteiger partial charge in [-0.15, -0.1) is 0 Å². The number of benzene rings is 1. The van der Waals surface area contributed by atoms with Crippen LogP contribution in [0.25, 0.3) is 0 Å². The summed E-state index contributed by atoms with van der Waals surface area (Å²) in [6, 6.07) is 7.79. The fraction of sp³-hybridized carbons (Fsp3) is 0.533. The fourth-order valence-electron chi connectivity index (χ4n) is 1.36. The molecule has 2 heteroatoms. The van der Waals surface area contributed by atoms with Crippen LogP contribution in [-0.4, -0.2) is 5.97 Å². The highest BCUT2D eigenvalue weighted by Gasteiger charge is 2.23. The lowest BCUT2D eigenvalue weighted by atomic mass is 9.97. The topological polar surface area (TPSA) is 26.3 Å². The van der Waals surface area contributed by atoms with Gasteiger partial charge in [0.25, 0.3) is 0 Å². The van der Waals surface area contributed by atoms with Crippen LogP contribution in [0.3, 0.4) is 0 Å². The van der Waals surface area contributed by atoms with Gasteiger partial charge in [0.15, 0.2) is 0 Å². The number of carbonyl (C=O) groups is 1. The average Bonchev–Trinajstić information content (AvgIpc) is 2.27. The van der Waals surface area contributed by atoms with E-state index >= 15 is 0 Å². The first-order chi connectivity index (χ1) is 7.84. The highest BCUT2D eigenvalue weighted by Crippen LogP contribution is 2.23. The molecule has 0 heterocycles. The Morgan fingerprint density at radius 2 is 1.76 bits per heavy atom. The number of rotatable bonds is 3. The van der Waals surface area contributed by atoms with Crippen molar-refractivity contribution in [1.29, 1.82) is 0 Å². The van der Waals surface area contributed by atoms with E-state index in [0.29, 0.717) is 11.7 Å². The van der Waals surface area contributed by atoms with Crippen LogP contribution in [0.1, 0.15) is 52.5 Å². The second-order valence-electron chi connectivity index (χ2n) is 5.52. The van der Waals surface area contributed by atoms with Crippen molar-refractivity contribution in [2.24, 2.45) is 5.41 Å². The van der Waals surface area contributed by atoms with Gasteiger partial charge in [0.05, 0.1) is 5.41 Å². The summed E-state index contributed by atoms with van der Waals surface area (Å²) in [5, 5.41) is 0. The summed E-state index contributed by atoms with van der Waals surface area (Å²) >= 11 is 0. The molecular weight excluding hydrogens is 212 g/mol. The third-order valence-electron chi connectivity index (χ3n) is 2.88. The zero-order chi connectivity index (χ0) is 13.1. The molecule has 0 aromatic heterocycles. The number of carbonyl (C=O) groups excluding carboxylic acids is 1. The molecule has 0 fully saturated rings. The second-order valence-corrected chi connectivity index (χ2v) is 5.52. The SMILES string of the molecule is CCC(C)c1ccc(OC(=O)C(C)(C)C)cc1. The fourth-order valence-corrected chi connectivity index (χ4v) is 1.36. The molecule has 1 unspecified atom stereocenters. The molecule has 1 rings (SSSR count). The van der Waals surface area contributed by atoms with Gasteiger partial charge in [0.1, 0.15) is 5.75 Å². The van der Waals surface area contributed by atoms with Gasteiger partial charge >= 0.3 is 5.97 Å². The van der Waals surface area contributed by atoms with Gasteiger partial charge in [0.2, 0.25) is 0 Å². The van der Waals surface area contributed by atoms with Crippen molar-refractivity contribution in [3.8, 4) is 5.75 Å². The predicted octanol–water partition coefficient (Wildman–Crippen LogP) is 4.15. The van der Waals surface area contributed by atoms with Crippen LogP contribution in [0.4, 0.5) is 0 Å². The zero-order valence-corrected chi connectivity index (χ0v) is 11.4. The van der Waals surface area contributed by atoms with Crippen LogP contribution in [0.2, 0.25) is 0 Å². The number of hydrogen-bond donors (Lipinski definition) is 0. The second kappa shape index (κ2) is 5.35. The lowest BCUT2D eigenvalue weighted by Crippen LogP contribution is -2.25. The van der Waals surface area contributed by atoms with Crippen molar-refractivity contribution in [3.05, 3.63) is 29.8 Å². The smallest absolute Gasteiger partial charge is 0.316 e. The van der Waals surface area contributed by atoms with E-state index in [2.05, 4.69) is 13.8 Å². The Kier molecular flexibility index (Phi) is 4.33. The molecule has 0 amide bonds. The van der Waals surface area contributed by atoms with Gasteiger partial charge in [-0.1, -0.05) is 26.0 Å². The molecule has 0 bridgehead atoms. The van der Waals surface area contributed by atoms with Gasteiger partial charge in [0, 0.05) is 0 Å². The number of hydrogen-bond acceptors (Lipinski definition) is 2. The predicted molar refractivity (Wildman–Crippen MR) is 70.2 cm³/mol. The highest BCUT2D eigenvalue weighted by molar-refractivity contribution is 5.77. The van der Waals surface area contributed by atoms with Gasteiger partial charge in [-0.3, -0.25) is 4.79 Å². The molecule has 0 saturated heterocycles. The Morgan fingerprint density at radius 1 is 1.24 bits per heavy atom. The monoisotopic (exact) mass is 234 g/mol. The number of esters is 1. The largest absolute Gasteiger partial charge is 0.426 e. The van der Waals surface area contributed by atoms with E-state index in [1.807, 2.05) is 45.0 Å². The lowest BCUT2D eigenvalue weighted by molar-refractivity contribution is -0.142. The van der Waals surface area contributed by atoms with Crippen molar-refractivity contribution < 1.29 is 9.53 Å². The minimum atomic E-state index is -0.463. The molecule has 0 spiro atoms. The first kappa shape index (κ1) is 13.8. The van der Waals surface area contributed by atoms with Crippen LogP contribution in [0, 0.1) is 5.41 Å². The van der Waals surface area contributed by atoms with E-state index in [-0.39, 0.29) is 5.97 Å². The maximum atomic E-state index is 11.7. The van der Waals surface area contributed by atoms with Gasteiger partial charge in [-0.2, -0.15) is 0 Å². The Hall–Kier alpha value is -1.31. The van der Waals surface area contributed by atoms with Crippen molar-refractivity contribution >= 4 is 5.97 Å². The lowest BCUT2D eigenvalue weighted by Gasteiger charge is -2.16. The van der Waals surface area contributed by atoms with E-state index < -0.39 is 5.41 Å². The minimum absolute atomic E-state index is 0.200. The minimum Gasteiger partial charge on any atom is -0.426 e.